The van der Waals surface area contributed by atoms with E-state index in [2.05, 4.69) is 30.0 Å². The summed E-state index contributed by atoms with van der Waals surface area (Å²) in [4.78, 5) is 15.0. The Morgan fingerprint density at radius 1 is 1.11 bits per heavy atom. The number of hydrogen-bond donors (Lipinski definition) is 0. The highest BCUT2D eigenvalue weighted by atomic mass is 16.5. The van der Waals surface area contributed by atoms with Crippen LogP contribution in [0.25, 0.3) is 0 Å². The SMILES string of the molecule is C[C@]12CC[C@@H]3c4ccc(OCCN5CCCCC5)cc4CC[C@H]3[C@@H]1CCC2=O. The third-order valence-corrected chi connectivity index (χ3v) is 8.53. The number of ether oxygens (including phenoxy) is 1. The molecule has 4 aliphatic rings. The van der Waals surface area contributed by atoms with Crippen molar-refractivity contribution in [1.82, 2.24) is 4.90 Å². The molecule has 0 spiro atoms. The summed E-state index contributed by atoms with van der Waals surface area (Å²) in [6.45, 7) is 6.58. The van der Waals surface area contributed by atoms with Crippen molar-refractivity contribution < 1.29 is 9.53 Å². The second kappa shape index (κ2) is 7.48. The lowest BCUT2D eigenvalue weighted by Gasteiger charge is -2.48. The average Bonchev–Trinajstić information content (AvgIpc) is 3.03. The first-order valence-electron chi connectivity index (χ1n) is 11.7. The minimum Gasteiger partial charge on any atom is -0.492 e. The second-order valence-electron chi connectivity index (χ2n) is 9.94. The molecule has 0 unspecified atom stereocenters. The van der Waals surface area contributed by atoms with Crippen molar-refractivity contribution in [3.63, 3.8) is 0 Å². The van der Waals surface area contributed by atoms with Crippen molar-refractivity contribution in [2.45, 2.75) is 70.6 Å². The summed E-state index contributed by atoms with van der Waals surface area (Å²) in [5.74, 6) is 3.58. The van der Waals surface area contributed by atoms with Crippen molar-refractivity contribution >= 4 is 5.78 Å². The fraction of sp³-hybridized carbons (Fsp3) is 0.720. The van der Waals surface area contributed by atoms with Gasteiger partial charge in [0, 0.05) is 18.4 Å². The van der Waals surface area contributed by atoms with Gasteiger partial charge in [-0.25, -0.2) is 0 Å². The molecule has 1 heterocycles. The second-order valence-corrected chi connectivity index (χ2v) is 9.94. The van der Waals surface area contributed by atoms with Crippen LogP contribution in [0.3, 0.4) is 0 Å². The Bertz CT molecular complexity index is 738. The summed E-state index contributed by atoms with van der Waals surface area (Å²) in [7, 11) is 0. The van der Waals surface area contributed by atoms with Gasteiger partial charge in [0.05, 0.1) is 0 Å². The van der Waals surface area contributed by atoms with Crippen molar-refractivity contribution in [3.8, 4) is 5.75 Å². The van der Waals surface area contributed by atoms with Gasteiger partial charge in [0.1, 0.15) is 18.1 Å². The molecule has 3 aliphatic carbocycles. The van der Waals surface area contributed by atoms with Crippen LogP contribution in [0, 0.1) is 17.3 Å². The lowest BCUT2D eigenvalue weighted by Crippen LogP contribution is -2.42. The quantitative estimate of drug-likeness (QED) is 0.737. The molecule has 3 heteroatoms. The summed E-state index contributed by atoms with van der Waals surface area (Å²) < 4.78 is 6.12. The summed E-state index contributed by atoms with van der Waals surface area (Å²) in [6, 6.07) is 6.86. The summed E-state index contributed by atoms with van der Waals surface area (Å²) in [5, 5.41) is 0. The number of aryl methyl sites for hydroxylation is 1. The minimum absolute atomic E-state index is 0.0177. The molecule has 1 aromatic rings. The number of nitrogens with zero attached hydrogens (tertiary/aromatic N) is 1. The number of ketones is 1. The van der Waals surface area contributed by atoms with E-state index in [0.29, 0.717) is 23.5 Å². The van der Waals surface area contributed by atoms with E-state index in [1.165, 1.54) is 50.8 Å². The number of piperidine rings is 1. The molecule has 4 atom stereocenters. The van der Waals surface area contributed by atoms with Crippen LogP contribution in [0.15, 0.2) is 18.2 Å². The third-order valence-electron chi connectivity index (χ3n) is 8.53. The molecule has 0 radical (unpaired) electrons. The van der Waals surface area contributed by atoms with Crippen LogP contribution in [0.2, 0.25) is 0 Å². The number of hydrogen-bond acceptors (Lipinski definition) is 3. The fourth-order valence-corrected chi connectivity index (χ4v) is 6.90. The van der Waals surface area contributed by atoms with Gasteiger partial charge < -0.3 is 4.74 Å². The lowest BCUT2D eigenvalue weighted by atomic mass is 9.55. The smallest absolute Gasteiger partial charge is 0.139 e. The molecule has 28 heavy (non-hydrogen) atoms. The molecule has 152 valence electrons. The van der Waals surface area contributed by atoms with Crippen LogP contribution in [0.1, 0.15) is 75.3 Å². The molecule has 1 aromatic carbocycles. The summed E-state index contributed by atoms with van der Waals surface area (Å²) in [6.07, 6.45) is 10.7. The van der Waals surface area contributed by atoms with E-state index >= 15 is 0 Å². The van der Waals surface area contributed by atoms with Crippen molar-refractivity contribution in [2.24, 2.45) is 17.3 Å². The predicted molar refractivity (Wildman–Crippen MR) is 112 cm³/mol. The number of likely N-dealkylation sites (tertiary alicyclic amines) is 1. The number of rotatable bonds is 4. The fourth-order valence-electron chi connectivity index (χ4n) is 6.90. The van der Waals surface area contributed by atoms with E-state index in [1.807, 2.05) is 0 Å². The molecule has 0 bridgehead atoms. The number of benzene rings is 1. The molecule has 1 saturated heterocycles. The first-order valence-corrected chi connectivity index (χ1v) is 11.7. The topological polar surface area (TPSA) is 29.5 Å². The molecule has 1 aliphatic heterocycles. The summed E-state index contributed by atoms with van der Waals surface area (Å²) >= 11 is 0. The zero-order valence-corrected chi connectivity index (χ0v) is 17.4. The Morgan fingerprint density at radius 3 is 2.82 bits per heavy atom. The Labute approximate surface area is 169 Å². The maximum absolute atomic E-state index is 12.5. The molecule has 2 saturated carbocycles. The van der Waals surface area contributed by atoms with Crippen LogP contribution in [0.4, 0.5) is 0 Å². The molecule has 3 nitrogen and oxygen atoms in total. The molecule has 0 amide bonds. The average molecular weight is 382 g/mol. The zero-order valence-electron chi connectivity index (χ0n) is 17.4. The molecular formula is C25H35NO2. The Morgan fingerprint density at radius 2 is 1.96 bits per heavy atom. The summed E-state index contributed by atoms with van der Waals surface area (Å²) in [5.41, 5.74) is 3.04. The maximum atomic E-state index is 12.5. The van der Waals surface area contributed by atoms with Crippen LogP contribution in [-0.2, 0) is 11.2 Å². The molecule has 5 rings (SSSR count). The first kappa shape index (κ1) is 18.7. The van der Waals surface area contributed by atoms with E-state index in [-0.39, 0.29) is 5.41 Å². The Kier molecular flexibility index (Phi) is 4.99. The molecular weight excluding hydrogens is 346 g/mol. The number of carbonyl (C=O) groups is 1. The number of carbonyl (C=O) groups excluding carboxylic acids is 1. The normalized spacial score (nSPS) is 35.2. The van der Waals surface area contributed by atoms with Crippen LogP contribution < -0.4 is 4.74 Å². The Balaban J connectivity index is 1.25. The highest BCUT2D eigenvalue weighted by molar-refractivity contribution is 5.87. The molecule has 0 N–H and O–H groups in total. The maximum Gasteiger partial charge on any atom is 0.139 e. The standard InChI is InChI=1S/C25H35NO2/c1-25-12-11-21-20-8-6-19(28-16-15-26-13-3-2-4-14-26)17-18(20)5-7-22(21)23(25)9-10-24(25)27/h6,8,17,21-23H,2-5,7,9-16H2,1H3/t21-,22-,23+,25+/m1/s1. The van der Waals surface area contributed by atoms with E-state index in [1.54, 1.807) is 5.56 Å². The monoisotopic (exact) mass is 381 g/mol. The highest BCUT2D eigenvalue weighted by Crippen LogP contribution is 2.59. The third kappa shape index (κ3) is 3.20. The highest BCUT2D eigenvalue weighted by Gasteiger charge is 2.54. The van der Waals surface area contributed by atoms with Crippen molar-refractivity contribution in [2.75, 3.05) is 26.2 Å². The van der Waals surface area contributed by atoms with Gasteiger partial charge in [0.25, 0.3) is 0 Å². The van der Waals surface area contributed by atoms with Gasteiger partial charge in [-0.3, -0.25) is 9.69 Å². The van der Waals surface area contributed by atoms with Gasteiger partial charge in [-0.1, -0.05) is 19.4 Å². The van der Waals surface area contributed by atoms with Crippen molar-refractivity contribution in [3.05, 3.63) is 29.3 Å². The first-order chi connectivity index (χ1) is 13.6. The predicted octanol–water partition coefficient (Wildman–Crippen LogP) is 4.98. The van der Waals surface area contributed by atoms with Crippen molar-refractivity contribution in [1.29, 1.82) is 0 Å². The van der Waals surface area contributed by atoms with Gasteiger partial charge in [-0.05, 0) is 99.0 Å². The largest absolute Gasteiger partial charge is 0.492 e. The van der Waals surface area contributed by atoms with Gasteiger partial charge >= 0.3 is 0 Å². The van der Waals surface area contributed by atoms with E-state index in [4.69, 9.17) is 4.74 Å². The molecule has 3 fully saturated rings. The van der Waals surface area contributed by atoms with Gasteiger partial charge in [0.15, 0.2) is 0 Å². The number of fused-ring (bicyclic) bond motifs is 5. The van der Waals surface area contributed by atoms with Crippen LogP contribution >= 0.6 is 0 Å². The van der Waals surface area contributed by atoms with Crippen LogP contribution in [-0.4, -0.2) is 36.9 Å². The Hall–Kier alpha value is -1.35. The van der Waals surface area contributed by atoms with Gasteiger partial charge in [0.2, 0.25) is 0 Å². The minimum atomic E-state index is -0.0177. The zero-order chi connectivity index (χ0) is 19.1. The van der Waals surface area contributed by atoms with Gasteiger partial charge in [-0.2, -0.15) is 0 Å². The van der Waals surface area contributed by atoms with Gasteiger partial charge in [-0.15, -0.1) is 0 Å². The lowest BCUT2D eigenvalue weighted by molar-refractivity contribution is -0.129. The van der Waals surface area contributed by atoms with E-state index in [9.17, 15) is 4.79 Å². The van der Waals surface area contributed by atoms with E-state index in [0.717, 1.165) is 44.6 Å². The van der Waals surface area contributed by atoms with Crippen LogP contribution in [0.5, 0.6) is 5.75 Å². The number of Topliss-reactive ketones (excluding diaryl/α,β-unsaturated/α-hetero) is 1. The molecule has 0 aromatic heterocycles. The van der Waals surface area contributed by atoms with E-state index < -0.39 is 0 Å².